The smallest absolute Gasteiger partial charge is 0.255 e. The number of amides is 6. The van der Waals surface area contributed by atoms with Gasteiger partial charge in [-0.15, -0.1) is 0 Å². The van der Waals surface area contributed by atoms with Crippen molar-refractivity contribution in [2.45, 2.75) is 95.8 Å². The lowest BCUT2D eigenvalue weighted by molar-refractivity contribution is -0.138. The number of imide groups is 2. The molecule has 3 saturated heterocycles. The van der Waals surface area contributed by atoms with Crippen LogP contribution in [0.15, 0.2) is 36.4 Å². The maximum atomic E-state index is 12.7. The van der Waals surface area contributed by atoms with Crippen molar-refractivity contribution >= 4 is 35.4 Å². The quantitative estimate of drug-likeness (QED) is 0.322. The summed E-state index contributed by atoms with van der Waals surface area (Å²) in [6.07, 6.45) is 9.65. The average molecular weight is 702 g/mol. The van der Waals surface area contributed by atoms with E-state index in [9.17, 15) is 28.8 Å². The number of carbonyl (C=O) groups excluding carboxylic acids is 6. The lowest BCUT2D eigenvalue weighted by Gasteiger charge is -2.29. The van der Waals surface area contributed by atoms with Crippen LogP contribution in [0.25, 0.3) is 0 Å². The van der Waals surface area contributed by atoms with E-state index >= 15 is 0 Å². The van der Waals surface area contributed by atoms with Crippen molar-refractivity contribution in [2.24, 2.45) is 11.8 Å². The van der Waals surface area contributed by atoms with Gasteiger partial charge in [0.1, 0.15) is 12.1 Å². The van der Waals surface area contributed by atoms with Gasteiger partial charge in [0.05, 0.1) is 0 Å². The number of benzene rings is 2. The molecule has 0 radical (unpaired) electrons. The van der Waals surface area contributed by atoms with E-state index < -0.39 is 12.1 Å². The summed E-state index contributed by atoms with van der Waals surface area (Å²) in [5, 5.41) is 7.98. The minimum atomic E-state index is -0.572. The molecule has 2 unspecified atom stereocenters. The van der Waals surface area contributed by atoms with Gasteiger partial charge < -0.3 is 15.1 Å². The Morgan fingerprint density at radius 2 is 1.02 bits per heavy atom. The van der Waals surface area contributed by atoms with Gasteiger partial charge in [0.15, 0.2) is 0 Å². The number of piperidine rings is 3. The molecule has 1 saturated carbocycles. The minimum absolute atomic E-state index is 0.138. The molecule has 4 fully saturated rings. The van der Waals surface area contributed by atoms with Gasteiger partial charge in [-0.2, -0.15) is 0 Å². The summed E-state index contributed by atoms with van der Waals surface area (Å²) in [4.78, 5) is 75.3. The first-order chi connectivity index (χ1) is 25.2. The highest BCUT2D eigenvalue weighted by Gasteiger charge is 2.40. The Labute approximate surface area is 303 Å². The summed E-state index contributed by atoms with van der Waals surface area (Å²) < 4.78 is 0. The largest absolute Gasteiger partial charge is 0.322 e. The fourth-order valence-electron chi connectivity index (χ4n) is 7.89. The summed E-state index contributed by atoms with van der Waals surface area (Å²) in [7, 11) is 0. The van der Waals surface area contributed by atoms with Crippen LogP contribution in [0.4, 0.5) is 0 Å². The molecule has 2 aromatic rings. The fraction of sp³-hybridized carbons (Fsp3) is 0.463. The van der Waals surface area contributed by atoms with Crippen molar-refractivity contribution in [1.82, 2.24) is 25.8 Å². The predicted molar refractivity (Wildman–Crippen MR) is 191 cm³/mol. The first-order valence-electron chi connectivity index (χ1n) is 18.5. The van der Waals surface area contributed by atoms with Crippen molar-refractivity contribution < 1.29 is 28.8 Å². The molecule has 268 valence electrons. The highest BCUT2D eigenvalue weighted by Crippen LogP contribution is 2.30. The van der Waals surface area contributed by atoms with Gasteiger partial charge in [-0.25, -0.2) is 0 Å². The molecule has 6 aliphatic rings. The van der Waals surface area contributed by atoms with Crippen LogP contribution in [0, 0.1) is 35.5 Å². The molecule has 0 aromatic heterocycles. The first kappa shape index (κ1) is 35.2. The van der Waals surface area contributed by atoms with E-state index in [-0.39, 0.29) is 48.3 Å². The third kappa shape index (κ3) is 7.80. The van der Waals surface area contributed by atoms with E-state index in [1.165, 1.54) is 32.1 Å². The van der Waals surface area contributed by atoms with Gasteiger partial charge in [0, 0.05) is 60.0 Å². The first-order valence-corrected chi connectivity index (χ1v) is 18.5. The zero-order chi connectivity index (χ0) is 36.2. The second-order valence-electron chi connectivity index (χ2n) is 14.4. The van der Waals surface area contributed by atoms with Crippen LogP contribution in [-0.4, -0.2) is 70.4 Å². The van der Waals surface area contributed by atoms with Crippen LogP contribution in [0.3, 0.4) is 0 Å². The standard InChI is InChI=1S/C21H22N2O3.C20H21N3O3/c24-19-11-10-18(20(25)22-19)23-13-16-12-15(8-9-17(16)21(23)26)7-6-14-4-2-1-3-5-14;24-18-6-5-17(19(25)22-18)23-12-15-11-14(3-4-16(15)20(23)26)2-1-13-7-9-21-10-8-13/h8-9,12,14,18H,1-5,10-11,13H2,(H,22,24,25);3-4,11,13,17,21H,5-10,12H2,(H,22,24,25). The lowest BCUT2D eigenvalue weighted by Crippen LogP contribution is -2.52. The maximum absolute atomic E-state index is 12.7. The molecular weight excluding hydrogens is 658 g/mol. The normalized spacial score (nSPS) is 23.3. The summed E-state index contributed by atoms with van der Waals surface area (Å²) in [6, 6.07) is 10.2. The van der Waals surface area contributed by atoms with Crippen molar-refractivity contribution in [3.05, 3.63) is 69.8 Å². The predicted octanol–water partition coefficient (Wildman–Crippen LogP) is 3.18. The highest BCUT2D eigenvalue weighted by molar-refractivity contribution is 6.06. The number of nitrogens with one attached hydrogen (secondary N) is 3. The Hall–Kier alpha value is -5.26. The molecule has 11 nitrogen and oxygen atoms in total. The van der Waals surface area contributed by atoms with E-state index in [1.54, 1.807) is 15.9 Å². The van der Waals surface area contributed by atoms with Crippen LogP contribution < -0.4 is 16.0 Å². The molecule has 0 spiro atoms. The molecule has 3 N–H and O–H groups in total. The minimum Gasteiger partial charge on any atom is -0.322 e. The monoisotopic (exact) mass is 701 g/mol. The third-order valence-electron chi connectivity index (χ3n) is 10.8. The van der Waals surface area contributed by atoms with Crippen molar-refractivity contribution in [2.75, 3.05) is 13.1 Å². The summed E-state index contributed by atoms with van der Waals surface area (Å²) in [5.41, 5.74) is 4.90. The molecule has 1 aliphatic carbocycles. The second kappa shape index (κ2) is 15.5. The highest BCUT2D eigenvalue weighted by atomic mass is 16.2. The molecule has 5 aliphatic heterocycles. The van der Waals surface area contributed by atoms with Gasteiger partial charge in [0.25, 0.3) is 11.8 Å². The van der Waals surface area contributed by atoms with Crippen LogP contribution in [0.2, 0.25) is 0 Å². The maximum Gasteiger partial charge on any atom is 0.255 e. The third-order valence-corrected chi connectivity index (χ3v) is 10.8. The number of rotatable bonds is 2. The Morgan fingerprint density at radius 1 is 0.558 bits per heavy atom. The molecule has 52 heavy (non-hydrogen) atoms. The van der Waals surface area contributed by atoms with Gasteiger partial charge in [-0.05, 0) is 99.1 Å². The second-order valence-corrected chi connectivity index (χ2v) is 14.4. The van der Waals surface area contributed by atoms with Gasteiger partial charge in [-0.3, -0.25) is 39.4 Å². The number of hydrogen-bond donors (Lipinski definition) is 3. The molecule has 11 heteroatoms. The van der Waals surface area contributed by atoms with Gasteiger partial charge in [-0.1, -0.05) is 42.9 Å². The number of hydrogen-bond acceptors (Lipinski definition) is 7. The Kier molecular flexibility index (Phi) is 10.5. The van der Waals surface area contributed by atoms with Crippen LogP contribution in [0.1, 0.15) is 114 Å². The molecule has 8 rings (SSSR count). The number of nitrogens with zero attached hydrogens (tertiary/aromatic N) is 2. The molecule has 6 amide bonds. The van der Waals surface area contributed by atoms with Crippen molar-refractivity contribution in [1.29, 1.82) is 0 Å². The number of carbonyl (C=O) groups is 6. The molecule has 2 aromatic carbocycles. The Morgan fingerprint density at radius 3 is 1.48 bits per heavy atom. The van der Waals surface area contributed by atoms with E-state index in [2.05, 4.69) is 39.6 Å². The zero-order valence-corrected chi connectivity index (χ0v) is 29.2. The topological polar surface area (TPSA) is 145 Å². The van der Waals surface area contributed by atoms with Crippen molar-refractivity contribution in [3.8, 4) is 23.7 Å². The van der Waals surface area contributed by atoms with Crippen LogP contribution in [-0.2, 0) is 32.3 Å². The van der Waals surface area contributed by atoms with E-state index in [0.29, 0.717) is 48.9 Å². The average Bonchev–Trinajstić information content (AvgIpc) is 3.65. The zero-order valence-electron chi connectivity index (χ0n) is 29.2. The molecule has 2 atom stereocenters. The Balaban J connectivity index is 0.000000162. The van der Waals surface area contributed by atoms with Crippen LogP contribution in [0.5, 0.6) is 0 Å². The van der Waals surface area contributed by atoms with Gasteiger partial charge in [0.2, 0.25) is 23.6 Å². The summed E-state index contributed by atoms with van der Waals surface area (Å²) in [5.74, 6) is 12.5. The molecular formula is C41H43N5O6. The van der Waals surface area contributed by atoms with E-state index in [0.717, 1.165) is 48.2 Å². The van der Waals surface area contributed by atoms with E-state index in [4.69, 9.17) is 0 Å². The summed E-state index contributed by atoms with van der Waals surface area (Å²) in [6.45, 7) is 2.82. The van der Waals surface area contributed by atoms with E-state index in [1.807, 2.05) is 30.3 Å². The Bertz CT molecular complexity index is 1800. The van der Waals surface area contributed by atoms with Crippen LogP contribution >= 0.6 is 0 Å². The summed E-state index contributed by atoms with van der Waals surface area (Å²) >= 11 is 0. The van der Waals surface area contributed by atoms with Gasteiger partial charge >= 0.3 is 0 Å². The SMILES string of the molecule is O=C1CCC(N2Cc3cc(C#CC4CCCCC4)ccc3C2=O)C(=O)N1.O=C1CCC(N2Cc3cc(C#CC4CCNCC4)ccc3C2=O)C(=O)N1. The molecule has 5 heterocycles. The van der Waals surface area contributed by atoms with Crippen molar-refractivity contribution in [3.63, 3.8) is 0 Å². The fourth-order valence-corrected chi connectivity index (χ4v) is 7.89. The lowest BCUT2D eigenvalue weighted by atomic mass is 9.89. The number of fused-ring (bicyclic) bond motifs is 2. The molecule has 0 bridgehead atoms.